The Balaban J connectivity index is 1.04. The Morgan fingerprint density at radius 3 is 2.28 bits per heavy atom. The molecule has 1 unspecified atom stereocenters. The number of halogens is 6. The number of methoxy groups -OCH3 is 1. The van der Waals surface area contributed by atoms with E-state index in [1.54, 1.807) is 36.1 Å². The number of carbonyl (C=O) groups excluding carboxylic acids is 1. The van der Waals surface area contributed by atoms with Crippen LogP contribution in [0.2, 0.25) is 0 Å². The van der Waals surface area contributed by atoms with Crippen LogP contribution < -0.4 is 20.5 Å². The second kappa shape index (κ2) is 15.6. The second-order valence-electron chi connectivity index (χ2n) is 12.3. The molecule has 11 nitrogen and oxygen atoms in total. The Morgan fingerprint density at radius 2 is 1.66 bits per heavy atom. The minimum atomic E-state index is -4.92. The van der Waals surface area contributed by atoms with E-state index in [2.05, 4.69) is 15.4 Å². The molecular weight excluding hydrogens is 672 g/mol. The lowest BCUT2D eigenvalue weighted by Gasteiger charge is -2.37. The van der Waals surface area contributed by atoms with E-state index in [9.17, 15) is 35.9 Å². The lowest BCUT2D eigenvalue weighted by atomic mass is 10.0. The van der Waals surface area contributed by atoms with Crippen molar-refractivity contribution in [2.24, 2.45) is 0 Å². The van der Waals surface area contributed by atoms with Crippen LogP contribution in [0, 0.1) is 0 Å². The highest BCUT2D eigenvalue weighted by Crippen LogP contribution is 2.33. The van der Waals surface area contributed by atoms with Gasteiger partial charge in [-0.2, -0.15) is 31.4 Å². The summed E-state index contributed by atoms with van der Waals surface area (Å²) < 4.78 is 92.1. The summed E-state index contributed by atoms with van der Waals surface area (Å²) in [6.45, 7) is 4.50. The molecule has 2 aliphatic heterocycles. The number of urea groups is 1. The van der Waals surface area contributed by atoms with Crippen LogP contribution in [0.5, 0.6) is 5.75 Å². The zero-order valence-corrected chi connectivity index (χ0v) is 27.6. The molecule has 2 saturated heterocycles. The molecule has 272 valence electrons. The molecule has 17 heteroatoms. The molecule has 4 heterocycles. The minimum absolute atomic E-state index is 0.0157. The zero-order chi connectivity index (χ0) is 36.1. The van der Waals surface area contributed by atoms with Gasteiger partial charge in [-0.25, -0.2) is 14.5 Å². The van der Waals surface area contributed by atoms with Crippen LogP contribution in [0.4, 0.5) is 42.6 Å². The van der Waals surface area contributed by atoms with Crippen LogP contribution in [-0.4, -0.2) is 95.7 Å². The first-order chi connectivity index (χ1) is 23.7. The van der Waals surface area contributed by atoms with E-state index >= 15 is 0 Å². The first-order valence-corrected chi connectivity index (χ1v) is 16.2. The third kappa shape index (κ3) is 8.97. The number of anilines is 2. The average molecular weight is 712 g/mol. The summed E-state index contributed by atoms with van der Waals surface area (Å²) in [5, 5.41) is 6.67. The van der Waals surface area contributed by atoms with Crippen LogP contribution >= 0.6 is 0 Å². The van der Waals surface area contributed by atoms with Gasteiger partial charge < -0.3 is 29.5 Å². The largest absolute Gasteiger partial charge is 0.497 e. The second-order valence-corrected chi connectivity index (χ2v) is 12.3. The standard InChI is InChI=1S/C33H39F6N7O4/c1-22(42-27-19-41-46(30(47)29(27)33(37,38)39)20-23-4-7-26(49-2)8-5-23)21-50-17-3-12-44-15-16-45(31(44)48)25-10-13-43(14-11-25)28-9-6-24(18-40-28)32(34,35)36/h4-9,18-19,22,25,42H,3,10-17,20-21H2,1-2H3. The van der Waals surface area contributed by atoms with Crippen molar-refractivity contribution in [1.82, 2.24) is 24.6 Å². The molecule has 0 bridgehead atoms. The van der Waals surface area contributed by atoms with Crippen LogP contribution in [0.15, 0.2) is 53.6 Å². The number of carbonyl (C=O) groups is 1. The lowest BCUT2D eigenvalue weighted by Crippen LogP contribution is -2.47. The van der Waals surface area contributed by atoms with Gasteiger partial charge in [0.2, 0.25) is 0 Å². The molecule has 50 heavy (non-hydrogen) atoms. The minimum Gasteiger partial charge on any atom is -0.497 e. The van der Waals surface area contributed by atoms with Gasteiger partial charge in [0.15, 0.2) is 0 Å². The number of nitrogens with zero attached hydrogens (tertiary/aromatic N) is 6. The van der Waals surface area contributed by atoms with Crippen LogP contribution in [-0.2, 0) is 23.6 Å². The predicted molar refractivity (Wildman–Crippen MR) is 172 cm³/mol. The molecule has 1 N–H and O–H groups in total. The number of rotatable bonds is 13. The Hall–Kier alpha value is -4.54. The predicted octanol–water partition coefficient (Wildman–Crippen LogP) is 5.35. The highest BCUT2D eigenvalue weighted by molar-refractivity contribution is 5.77. The number of nitrogens with one attached hydrogen (secondary N) is 1. The van der Waals surface area contributed by atoms with E-state index in [1.807, 2.05) is 9.80 Å². The summed E-state index contributed by atoms with van der Waals surface area (Å²) in [5.41, 5.74) is -3.26. The number of hydrogen-bond acceptors (Lipinski definition) is 8. The fourth-order valence-corrected chi connectivity index (χ4v) is 6.11. The molecule has 0 aliphatic carbocycles. The van der Waals surface area contributed by atoms with Crippen molar-refractivity contribution < 1.29 is 40.6 Å². The number of benzene rings is 1. The maximum atomic E-state index is 14.0. The highest BCUT2D eigenvalue weighted by Gasteiger charge is 2.39. The van der Waals surface area contributed by atoms with Crippen molar-refractivity contribution in [1.29, 1.82) is 0 Å². The van der Waals surface area contributed by atoms with Gasteiger partial charge in [0.25, 0.3) is 5.56 Å². The normalized spacial score (nSPS) is 16.6. The van der Waals surface area contributed by atoms with E-state index < -0.39 is 40.8 Å². The number of ether oxygens (including phenoxy) is 2. The summed E-state index contributed by atoms with van der Waals surface area (Å²) in [4.78, 5) is 35.4. The van der Waals surface area contributed by atoms with Gasteiger partial charge in [-0.05, 0) is 56.0 Å². The molecule has 3 aromatic rings. The molecule has 0 spiro atoms. The maximum Gasteiger partial charge on any atom is 0.423 e. The summed E-state index contributed by atoms with van der Waals surface area (Å²) in [6.07, 6.45) is -5.69. The molecule has 2 amide bonds. The topological polar surface area (TPSA) is 105 Å². The maximum absolute atomic E-state index is 14.0. The quantitative estimate of drug-likeness (QED) is 0.187. The smallest absolute Gasteiger partial charge is 0.423 e. The molecule has 5 rings (SSSR count). The molecule has 2 aromatic heterocycles. The fourth-order valence-electron chi connectivity index (χ4n) is 6.11. The van der Waals surface area contributed by atoms with Crippen molar-refractivity contribution in [3.63, 3.8) is 0 Å². The summed E-state index contributed by atoms with van der Waals surface area (Å²) in [5.74, 6) is 1.04. The molecular formula is C33H39F6N7O4. The van der Waals surface area contributed by atoms with Gasteiger partial charge in [-0.1, -0.05) is 12.1 Å². The summed E-state index contributed by atoms with van der Waals surface area (Å²) in [7, 11) is 1.49. The SMILES string of the molecule is COc1ccc(Cn2ncc(NC(C)COCCCN3CCN(C4CCN(c5ccc(C(F)(F)F)cn5)CC4)C3=O)c(C(F)(F)F)c2=O)cc1. The number of hydrogen-bond donors (Lipinski definition) is 1. The van der Waals surface area contributed by atoms with Crippen molar-refractivity contribution >= 4 is 17.5 Å². The number of piperidine rings is 1. The van der Waals surface area contributed by atoms with E-state index in [4.69, 9.17) is 9.47 Å². The van der Waals surface area contributed by atoms with Crippen molar-refractivity contribution in [2.75, 3.05) is 63.3 Å². The van der Waals surface area contributed by atoms with E-state index in [-0.39, 0.29) is 31.8 Å². The molecule has 2 aliphatic rings. The Morgan fingerprint density at radius 1 is 0.940 bits per heavy atom. The van der Waals surface area contributed by atoms with Crippen LogP contribution in [0.1, 0.15) is 42.9 Å². The molecule has 0 radical (unpaired) electrons. The summed E-state index contributed by atoms with van der Waals surface area (Å²) in [6, 6.07) is 8.30. The van der Waals surface area contributed by atoms with E-state index in [1.165, 1.54) is 13.2 Å². The van der Waals surface area contributed by atoms with Crippen molar-refractivity contribution in [2.45, 2.75) is 57.2 Å². The lowest BCUT2D eigenvalue weighted by molar-refractivity contribution is -0.139. The Labute approximate surface area is 284 Å². The fraction of sp³-hybridized carbons (Fsp3) is 0.515. The average Bonchev–Trinajstić information content (AvgIpc) is 3.45. The van der Waals surface area contributed by atoms with Gasteiger partial charge in [0.05, 0.1) is 37.7 Å². The highest BCUT2D eigenvalue weighted by atomic mass is 19.4. The first kappa shape index (κ1) is 36.7. The number of alkyl halides is 6. The summed E-state index contributed by atoms with van der Waals surface area (Å²) >= 11 is 0. The first-order valence-electron chi connectivity index (χ1n) is 16.2. The van der Waals surface area contributed by atoms with E-state index in [0.717, 1.165) is 23.1 Å². The third-order valence-corrected chi connectivity index (χ3v) is 8.74. The molecule has 1 aromatic carbocycles. The monoisotopic (exact) mass is 711 g/mol. The van der Waals surface area contributed by atoms with Crippen LogP contribution in [0.25, 0.3) is 0 Å². The van der Waals surface area contributed by atoms with E-state index in [0.29, 0.717) is 69.1 Å². The van der Waals surface area contributed by atoms with Crippen molar-refractivity contribution in [3.05, 3.63) is 75.8 Å². The van der Waals surface area contributed by atoms with Crippen LogP contribution in [0.3, 0.4) is 0 Å². The number of amides is 2. The Kier molecular flexibility index (Phi) is 11.4. The third-order valence-electron chi connectivity index (χ3n) is 8.74. The van der Waals surface area contributed by atoms with Gasteiger partial charge in [0, 0.05) is 57.6 Å². The molecule has 0 saturated carbocycles. The Bertz CT molecular complexity index is 1640. The number of aromatic nitrogens is 3. The van der Waals surface area contributed by atoms with Gasteiger partial charge >= 0.3 is 18.4 Å². The number of pyridine rings is 1. The van der Waals surface area contributed by atoms with Gasteiger partial charge in [-0.3, -0.25) is 4.79 Å². The molecule has 2 fully saturated rings. The van der Waals surface area contributed by atoms with Gasteiger partial charge in [0.1, 0.15) is 17.1 Å². The van der Waals surface area contributed by atoms with Crippen molar-refractivity contribution in [3.8, 4) is 5.75 Å². The van der Waals surface area contributed by atoms with Gasteiger partial charge in [-0.15, -0.1) is 0 Å². The zero-order valence-electron chi connectivity index (χ0n) is 27.6. The molecule has 1 atom stereocenters.